The van der Waals surface area contributed by atoms with Crippen LogP contribution in [0.25, 0.3) is 0 Å². The van der Waals surface area contributed by atoms with Crippen molar-refractivity contribution in [1.82, 2.24) is 57.4 Å². The predicted octanol–water partition coefficient (Wildman–Crippen LogP) is -7.39. The third-order valence-electron chi connectivity index (χ3n) is 11.4. The van der Waals surface area contributed by atoms with Gasteiger partial charge in [-0.3, -0.25) is 48.6 Å². The molecule has 2 heterocycles. The second-order valence-corrected chi connectivity index (χ2v) is 17.6. The van der Waals surface area contributed by atoms with Crippen LogP contribution in [0.1, 0.15) is 83.2 Å². The van der Waals surface area contributed by atoms with Crippen molar-refractivity contribution in [1.29, 1.82) is 5.41 Å². The van der Waals surface area contributed by atoms with E-state index in [1.807, 2.05) is 0 Å². The van der Waals surface area contributed by atoms with Crippen LogP contribution in [-0.2, 0) is 49.6 Å². The second-order valence-electron chi connectivity index (χ2n) is 17.6. The monoisotopic (exact) mass is 1060 g/mol. The summed E-state index contributed by atoms with van der Waals surface area (Å²) in [7, 11) is 0. The lowest BCUT2D eigenvalue weighted by atomic mass is 10.1. The van der Waals surface area contributed by atoms with Crippen molar-refractivity contribution in [2.75, 3.05) is 58.9 Å². The number of unbranched alkanes of at least 4 members (excludes halogenated alkanes) is 2. The average Bonchev–Trinajstić information content (AvgIpc) is 4.10. The number of hydrogen-bond acceptors (Lipinski definition) is 18. The molecular weight excluding hydrogens is 983 g/mol. The van der Waals surface area contributed by atoms with Crippen LogP contribution in [0.2, 0.25) is 0 Å². The van der Waals surface area contributed by atoms with E-state index in [4.69, 9.17) is 39.8 Å². The molecule has 9 amide bonds. The fourth-order valence-electron chi connectivity index (χ4n) is 7.34. The van der Waals surface area contributed by atoms with Gasteiger partial charge >= 0.3 is 0 Å². The molecule has 30 heteroatoms. The maximum Gasteiger partial charge on any atom is 0.269 e. The van der Waals surface area contributed by atoms with E-state index in [0.29, 0.717) is 50.9 Å². The van der Waals surface area contributed by atoms with Gasteiger partial charge in [-0.25, -0.2) is 9.98 Å². The van der Waals surface area contributed by atoms with Crippen molar-refractivity contribution in [2.45, 2.75) is 126 Å². The lowest BCUT2D eigenvalue weighted by Gasteiger charge is -2.28. The summed E-state index contributed by atoms with van der Waals surface area (Å²) < 4.78 is 0. The van der Waals surface area contributed by atoms with Gasteiger partial charge < -0.3 is 97.0 Å². The molecule has 2 rings (SSSR count). The zero-order valence-corrected chi connectivity index (χ0v) is 42.5. The van der Waals surface area contributed by atoms with Gasteiger partial charge in [0.25, 0.3) is 17.7 Å². The fraction of sp³-hybridized carbons (Fsp3) is 0.644. The highest BCUT2D eigenvalue weighted by atomic mass is 16.3. The van der Waals surface area contributed by atoms with Crippen LogP contribution in [0, 0.1) is 5.41 Å². The summed E-state index contributed by atoms with van der Waals surface area (Å²) >= 11 is 0. The van der Waals surface area contributed by atoms with E-state index in [0.717, 1.165) is 0 Å². The number of H-pyrrole nitrogens is 1. The third kappa shape index (κ3) is 23.9. The molecule has 1 aliphatic heterocycles. The van der Waals surface area contributed by atoms with Gasteiger partial charge in [-0.2, -0.15) is 0 Å². The maximum atomic E-state index is 14.3. The number of carbonyl (C=O) groups excluding carboxylic acids is 9. The number of aliphatic hydroxyl groups excluding tert-OH is 2. The summed E-state index contributed by atoms with van der Waals surface area (Å²) in [4.78, 5) is 134. The Bertz CT molecular complexity index is 2110. The number of imidazole rings is 1. The van der Waals surface area contributed by atoms with E-state index in [2.05, 4.69) is 57.5 Å². The van der Waals surface area contributed by atoms with Crippen molar-refractivity contribution in [3.05, 3.63) is 30.0 Å². The Morgan fingerprint density at radius 3 is 2.19 bits per heavy atom. The van der Waals surface area contributed by atoms with E-state index >= 15 is 0 Å². The number of aliphatic hydroxyl groups is 2. The number of nitrogens with two attached hydrogens (primary N) is 6. The minimum atomic E-state index is -1.63. The Kier molecular flexibility index (Phi) is 30.2. The first-order chi connectivity index (χ1) is 35.8. The van der Waals surface area contributed by atoms with Crippen LogP contribution in [0.4, 0.5) is 0 Å². The Balaban J connectivity index is 2.37. The Hall–Kier alpha value is -6.96. The van der Waals surface area contributed by atoms with Gasteiger partial charge in [0.15, 0.2) is 5.96 Å². The summed E-state index contributed by atoms with van der Waals surface area (Å²) in [6, 6.07) is -6.51. The molecule has 0 unspecified atom stereocenters. The molecule has 1 fully saturated rings. The number of amides is 9. The highest BCUT2D eigenvalue weighted by Gasteiger charge is 2.38. The minimum Gasteiger partial charge on any atom is -0.391 e. The third-order valence-corrected chi connectivity index (χ3v) is 11.4. The van der Waals surface area contributed by atoms with Gasteiger partial charge in [-0.1, -0.05) is 6.08 Å². The number of guanidine groups is 1. The first kappa shape index (κ1) is 64.2. The molecule has 0 spiro atoms. The zero-order chi connectivity index (χ0) is 55.9. The number of aliphatic imine (C=N–C) groups is 1. The summed E-state index contributed by atoms with van der Waals surface area (Å²) in [6.07, 6.45) is 3.48. The molecule has 24 N–H and O–H groups in total. The molecule has 0 bridgehead atoms. The largest absolute Gasteiger partial charge is 0.391 e. The van der Waals surface area contributed by atoms with E-state index < -0.39 is 115 Å². The Morgan fingerprint density at radius 1 is 0.840 bits per heavy atom. The molecule has 1 aliphatic rings. The van der Waals surface area contributed by atoms with Crippen molar-refractivity contribution in [3.8, 4) is 0 Å². The van der Waals surface area contributed by atoms with Gasteiger partial charge in [0.2, 0.25) is 35.4 Å². The molecule has 7 atom stereocenters. The second kappa shape index (κ2) is 35.3. The highest BCUT2D eigenvalue weighted by molar-refractivity contribution is 6.40. The molecule has 75 heavy (non-hydrogen) atoms. The lowest BCUT2D eigenvalue weighted by Crippen LogP contribution is -2.57. The molecular formula is C45H79N19O11. The molecule has 1 aromatic heterocycles. The quantitative estimate of drug-likeness (QED) is 0.0130. The smallest absolute Gasteiger partial charge is 0.269 e. The van der Waals surface area contributed by atoms with Gasteiger partial charge in [0, 0.05) is 51.0 Å². The Morgan fingerprint density at radius 2 is 1.55 bits per heavy atom. The first-order valence-electron chi connectivity index (χ1n) is 24.9. The average molecular weight is 1060 g/mol. The van der Waals surface area contributed by atoms with E-state index in [-0.39, 0.29) is 88.6 Å². The topological polar surface area (TPSA) is 515 Å². The first-order valence-corrected chi connectivity index (χ1v) is 24.9. The minimum absolute atomic E-state index is 0.0349. The summed E-state index contributed by atoms with van der Waals surface area (Å²) in [6.45, 7) is 1.23. The molecule has 0 saturated carbocycles. The molecule has 30 nitrogen and oxygen atoms in total. The molecule has 0 aromatic carbocycles. The number of carbonyl (C=O) groups is 9. The number of aromatic amines is 1. The van der Waals surface area contributed by atoms with Crippen LogP contribution < -0.4 is 76.9 Å². The standard InChI is InChI=1S/C45H79N19O11/c1-26(38(69)54-16-5-4-14-47)58-39(70)30(11-7-17-55-45(51)52)60-40(71)29(9-2-3-13-46)61-41(72)32(19-27-23-53-25-57-27)62-42(73)33-12-8-18-64(33)44(75)31(10-6-15-48)59-36(68)24-56-43(74)37(34(66)22-50)63-35(67)20-28(65)21-49/h11,23,25-26,28-29,32-34,37,65-66H,2-10,12-22,24,46-50H2,1H3,(H,53,57)(H,54,69)(H,56,74)(H,58,70)(H,60,71)(H,61,72)(H,62,73)(H,63,67)(H4,51,52,55)/b30-11-,59-31+/t26-,28+,29-,32-,33-,34-,37-/m0/s1. The lowest BCUT2D eigenvalue weighted by molar-refractivity contribution is -0.136. The van der Waals surface area contributed by atoms with Crippen molar-refractivity contribution in [2.24, 2.45) is 39.4 Å². The normalized spacial score (nSPS) is 16.0. The summed E-state index contributed by atoms with van der Waals surface area (Å²) in [5, 5.41) is 47.8. The van der Waals surface area contributed by atoms with Crippen LogP contribution in [0.3, 0.4) is 0 Å². The van der Waals surface area contributed by atoms with Crippen molar-refractivity contribution < 1.29 is 53.4 Å². The van der Waals surface area contributed by atoms with Gasteiger partial charge in [0.1, 0.15) is 41.6 Å². The molecule has 0 aliphatic carbocycles. The van der Waals surface area contributed by atoms with Crippen LogP contribution in [-0.4, -0.2) is 191 Å². The predicted molar refractivity (Wildman–Crippen MR) is 274 cm³/mol. The van der Waals surface area contributed by atoms with E-state index in [9.17, 15) is 53.4 Å². The SMILES string of the molecule is C[C@H](NC(=O)/C(=C/CCNC(=N)N)NC(=O)[C@H](CCCCN)NC(=O)[C@H](Cc1cnc[nH]1)NC(=O)[C@@H]1CCCN1C(=O)/C(CCCN)=N/C(=O)CNC(=O)[C@@H](NC(=O)C[C@@H](O)CN)[C@@H](O)CN)C(=O)NCCCCN. The number of likely N-dealkylation sites (tertiary alicyclic amines) is 1. The van der Waals surface area contributed by atoms with Crippen LogP contribution in [0.5, 0.6) is 0 Å². The molecule has 420 valence electrons. The number of aromatic nitrogens is 2. The summed E-state index contributed by atoms with van der Waals surface area (Å²) in [5.41, 5.74) is 33.1. The van der Waals surface area contributed by atoms with Crippen molar-refractivity contribution in [3.63, 3.8) is 0 Å². The van der Waals surface area contributed by atoms with Gasteiger partial charge in [0.05, 0.1) is 31.5 Å². The number of nitrogens with zero attached hydrogens (tertiary/aromatic N) is 3. The van der Waals surface area contributed by atoms with Crippen LogP contribution in [0.15, 0.2) is 29.3 Å². The molecule has 0 radical (unpaired) electrons. The van der Waals surface area contributed by atoms with Crippen LogP contribution >= 0.6 is 0 Å². The fourth-order valence-corrected chi connectivity index (χ4v) is 7.34. The highest BCUT2D eigenvalue weighted by Crippen LogP contribution is 2.20. The van der Waals surface area contributed by atoms with Crippen molar-refractivity contribution >= 4 is 64.8 Å². The van der Waals surface area contributed by atoms with Gasteiger partial charge in [-0.15, -0.1) is 0 Å². The summed E-state index contributed by atoms with van der Waals surface area (Å²) in [5.74, 6) is -7.69. The van der Waals surface area contributed by atoms with E-state index in [1.54, 1.807) is 0 Å². The molecule has 1 aromatic rings. The Labute approximate surface area is 434 Å². The maximum absolute atomic E-state index is 14.3. The number of rotatable bonds is 35. The molecule has 1 saturated heterocycles. The van der Waals surface area contributed by atoms with Gasteiger partial charge in [-0.05, 0) is 90.8 Å². The van der Waals surface area contributed by atoms with E-state index in [1.165, 1.54) is 30.4 Å². The zero-order valence-electron chi connectivity index (χ0n) is 42.5. The number of hydrogen-bond donors (Lipinski definition) is 18. The number of nitrogens with one attached hydrogen (secondary N) is 10.